The molecule has 1 saturated heterocycles. The molecule has 0 saturated carbocycles. The Balaban J connectivity index is 1.82. The predicted octanol–water partition coefficient (Wildman–Crippen LogP) is 0.454. The smallest absolute Gasteiger partial charge is 0.295 e. The first-order valence-electron chi connectivity index (χ1n) is 7.72. The average molecular weight is 420 g/mol. The van der Waals surface area contributed by atoms with E-state index >= 15 is 0 Å². The van der Waals surface area contributed by atoms with Gasteiger partial charge in [-0.2, -0.15) is 21.6 Å². The van der Waals surface area contributed by atoms with Crippen molar-refractivity contribution in [3.63, 3.8) is 0 Å². The lowest BCUT2D eigenvalue weighted by Crippen LogP contribution is -2.54. The van der Waals surface area contributed by atoms with Gasteiger partial charge in [0.1, 0.15) is 6.04 Å². The SMILES string of the molecule is O=C1CCC(N2C(=O)c3ccc(COS(=O)(=O)C(F)(F)F)cc3C2=O)C(=O)N1. The topological polar surface area (TPSA) is 127 Å². The number of hydrogen-bond donors (Lipinski definition) is 1. The van der Waals surface area contributed by atoms with Crippen LogP contribution in [0.5, 0.6) is 0 Å². The highest BCUT2D eigenvalue weighted by Crippen LogP contribution is 2.30. The van der Waals surface area contributed by atoms with E-state index in [1.165, 1.54) is 0 Å². The van der Waals surface area contributed by atoms with E-state index in [-0.39, 0.29) is 29.5 Å². The minimum atomic E-state index is -5.82. The summed E-state index contributed by atoms with van der Waals surface area (Å²) >= 11 is 0. The lowest BCUT2D eigenvalue weighted by Gasteiger charge is -2.27. The molecule has 0 aromatic heterocycles. The fourth-order valence-corrected chi connectivity index (χ4v) is 3.25. The Morgan fingerprint density at radius 1 is 1.11 bits per heavy atom. The third kappa shape index (κ3) is 3.38. The van der Waals surface area contributed by atoms with Crippen molar-refractivity contribution >= 4 is 33.7 Å². The minimum Gasteiger partial charge on any atom is -0.295 e. The minimum absolute atomic E-state index is 0.0596. The quantitative estimate of drug-likeness (QED) is 0.426. The van der Waals surface area contributed by atoms with Gasteiger partial charge in [0, 0.05) is 6.42 Å². The van der Waals surface area contributed by atoms with Gasteiger partial charge in [0.05, 0.1) is 17.7 Å². The van der Waals surface area contributed by atoms with E-state index in [0.29, 0.717) is 4.90 Å². The van der Waals surface area contributed by atoms with Gasteiger partial charge in [0.2, 0.25) is 11.8 Å². The number of rotatable bonds is 4. The number of alkyl halides is 3. The van der Waals surface area contributed by atoms with E-state index < -0.39 is 51.9 Å². The number of carbonyl (C=O) groups is 4. The van der Waals surface area contributed by atoms with Crippen LogP contribution in [0, 0.1) is 0 Å². The van der Waals surface area contributed by atoms with Crippen LogP contribution < -0.4 is 5.32 Å². The molecule has 0 bridgehead atoms. The van der Waals surface area contributed by atoms with Crippen molar-refractivity contribution in [1.29, 1.82) is 0 Å². The van der Waals surface area contributed by atoms with Crippen LogP contribution in [0.4, 0.5) is 13.2 Å². The zero-order chi connectivity index (χ0) is 20.9. The molecule has 1 atom stereocenters. The standard InChI is InChI=1S/C15H11F3N2O7S/c16-15(17,18)28(25,26)27-6-7-1-2-8-9(5-7)14(24)20(13(8)23)10-3-4-11(21)19-12(10)22/h1-2,5,10H,3-4,6H2,(H,19,21,22). The molecule has 0 aliphatic carbocycles. The van der Waals surface area contributed by atoms with E-state index in [9.17, 15) is 40.8 Å². The number of carbonyl (C=O) groups excluding carboxylic acids is 4. The molecule has 1 N–H and O–H groups in total. The lowest BCUT2D eigenvalue weighted by molar-refractivity contribution is -0.136. The molecule has 2 heterocycles. The molecule has 1 aromatic carbocycles. The van der Waals surface area contributed by atoms with Crippen molar-refractivity contribution in [1.82, 2.24) is 10.2 Å². The zero-order valence-corrected chi connectivity index (χ0v) is 14.6. The second-order valence-corrected chi connectivity index (χ2v) is 7.60. The highest BCUT2D eigenvalue weighted by atomic mass is 32.2. The Morgan fingerprint density at radius 3 is 2.36 bits per heavy atom. The average Bonchev–Trinajstić information content (AvgIpc) is 2.83. The molecule has 2 aliphatic rings. The van der Waals surface area contributed by atoms with Gasteiger partial charge in [-0.25, -0.2) is 0 Å². The van der Waals surface area contributed by atoms with Gasteiger partial charge in [-0.15, -0.1) is 0 Å². The van der Waals surface area contributed by atoms with Crippen molar-refractivity contribution in [2.45, 2.75) is 31.0 Å². The van der Waals surface area contributed by atoms with Crippen LogP contribution in [-0.4, -0.2) is 48.5 Å². The summed E-state index contributed by atoms with van der Waals surface area (Å²) in [5, 5.41) is 2.02. The van der Waals surface area contributed by atoms with E-state index in [1.54, 1.807) is 0 Å². The number of amides is 4. The molecule has 150 valence electrons. The van der Waals surface area contributed by atoms with Gasteiger partial charge in [-0.3, -0.25) is 33.6 Å². The van der Waals surface area contributed by atoms with Crippen LogP contribution in [0.25, 0.3) is 0 Å². The van der Waals surface area contributed by atoms with Gasteiger partial charge in [0.15, 0.2) is 0 Å². The summed E-state index contributed by atoms with van der Waals surface area (Å²) in [7, 11) is -5.82. The van der Waals surface area contributed by atoms with E-state index in [4.69, 9.17) is 0 Å². The molecule has 1 aromatic rings. The van der Waals surface area contributed by atoms with E-state index in [0.717, 1.165) is 18.2 Å². The van der Waals surface area contributed by atoms with E-state index in [2.05, 4.69) is 4.18 Å². The van der Waals surface area contributed by atoms with Crippen molar-refractivity contribution < 1.29 is 45.0 Å². The zero-order valence-electron chi connectivity index (χ0n) is 13.8. The fourth-order valence-electron chi connectivity index (χ4n) is 2.82. The van der Waals surface area contributed by atoms with Crippen LogP contribution in [-0.2, 0) is 30.5 Å². The van der Waals surface area contributed by atoms with Gasteiger partial charge in [-0.1, -0.05) is 6.07 Å². The summed E-state index contributed by atoms with van der Waals surface area (Å²) in [5.74, 6) is -3.03. The molecule has 1 unspecified atom stereocenters. The third-order valence-corrected chi connectivity index (χ3v) is 5.16. The molecule has 3 rings (SSSR count). The monoisotopic (exact) mass is 420 g/mol. The maximum Gasteiger partial charge on any atom is 0.523 e. The molecule has 0 radical (unpaired) electrons. The van der Waals surface area contributed by atoms with E-state index in [1.807, 2.05) is 5.32 Å². The Kier molecular flexibility index (Phi) is 4.75. The molecular weight excluding hydrogens is 409 g/mol. The number of piperidine rings is 1. The summed E-state index contributed by atoms with van der Waals surface area (Å²) in [6, 6.07) is 2.08. The van der Waals surface area contributed by atoms with Crippen molar-refractivity contribution in [3.8, 4) is 0 Å². The number of nitrogens with zero attached hydrogens (tertiary/aromatic N) is 1. The van der Waals surface area contributed by atoms with Gasteiger partial charge in [-0.05, 0) is 24.1 Å². The van der Waals surface area contributed by atoms with Crippen LogP contribution in [0.3, 0.4) is 0 Å². The molecule has 13 heteroatoms. The number of hydrogen-bond acceptors (Lipinski definition) is 7. The van der Waals surface area contributed by atoms with Crippen LogP contribution in [0.2, 0.25) is 0 Å². The first kappa shape index (κ1) is 19.9. The third-order valence-electron chi connectivity index (χ3n) is 4.17. The van der Waals surface area contributed by atoms with Gasteiger partial charge in [0.25, 0.3) is 11.8 Å². The predicted molar refractivity (Wildman–Crippen MR) is 82.9 cm³/mol. The van der Waals surface area contributed by atoms with Gasteiger partial charge >= 0.3 is 15.6 Å². The second-order valence-electron chi connectivity index (χ2n) is 5.99. The number of imide groups is 2. The molecular formula is C15H11F3N2O7S. The highest BCUT2D eigenvalue weighted by molar-refractivity contribution is 7.87. The highest BCUT2D eigenvalue weighted by Gasteiger charge is 2.48. The first-order valence-corrected chi connectivity index (χ1v) is 9.13. The molecule has 9 nitrogen and oxygen atoms in total. The lowest BCUT2D eigenvalue weighted by atomic mass is 10.0. The first-order chi connectivity index (χ1) is 12.9. The van der Waals surface area contributed by atoms with Crippen LogP contribution >= 0.6 is 0 Å². The number of halogens is 3. The second kappa shape index (κ2) is 6.67. The summed E-state index contributed by atoms with van der Waals surface area (Å²) in [5.41, 5.74) is -6.01. The van der Waals surface area contributed by atoms with Crippen molar-refractivity contribution in [3.05, 3.63) is 34.9 Å². The molecule has 4 amide bonds. The number of benzene rings is 1. The molecule has 0 spiro atoms. The Labute approximate surface area is 155 Å². The Hall–Kier alpha value is -2.80. The normalized spacial score (nSPS) is 20.4. The van der Waals surface area contributed by atoms with Gasteiger partial charge < -0.3 is 0 Å². The molecule has 1 fully saturated rings. The van der Waals surface area contributed by atoms with Crippen molar-refractivity contribution in [2.75, 3.05) is 0 Å². The number of nitrogens with one attached hydrogen (secondary N) is 1. The van der Waals surface area contributed by atoms with Crippen LogP contribution in [0.15, 0.2) is 18.2 Å². The largest absolute Gasteiger partial charge is 0.523 e. The number of fused-ring (bicyclic) bond motifs is 1. The Bertz CT molecular complexity index is 1000. The fraction of sp³-hybridized carbons (Fsp3) is 0.333. The maximum atomic E-state index is 12.5. The van der Waals surface area contributed by atoms with Crippen LogP contribution in [0.1, 0.15) is 39.1 Å². The molecule has 28 heavy (non-hydrogen) atoms. The summed E-state index contributed by atoms with van der Waals surface area (Å²) in [4.78, 5) is 48.8. The summed E-state index contributed by atoms with van der Waals surface area (Å²) in [6.45, 7) is -1.00. The summed E-state index contributed by atoms with van der Waals surface area (Å²) in [6.07, 6.45) is -0.131. The Morgan fingerprint density at radius 2 is 1.75 bits per heavy atom. The maximum absolute atomic E-state index is 12.5. The van der Waals surface area contributed by atoms with Crippen molar-refractivity contribution in [2.24, 2.45) is 0 Å². The summed E-state index contributed by atoms with van der Waals surface area (Å²) < 4.78 is 62.7. The molecule has 2 aliphatic heterocycles.